The van der Waals surface area contributed by atoms with Gasteiger partial charge in [0.25, 0.3) is 11.5 Å². The van der Waals surface area contributed by atoms with Crippen LogP contribution in [0.4, 0.5) is 5.69 Å². The number of methoxy groups -OCH3 is 1. The molecule has 0 fully saturated rings. The van der Waals surface area contributed by atoms with Crippen LogP contribution in [0.25, 0.3) is 11.2 Å². The van der Waals surface area contributed by atoms with Crippen molar-refractivity contribution < 1.29 is 24.2 Å². The molecule has 0 unspecified atom stereocenters. The number of esters is 1. The number of amides is 2. The van der Waals surface area contributed by atoms with E-state index in [1.807, 2.05) is 4.98 Å². The lowest BCUT2D eigenvalue weighted by atomic mass is 10.1. The summed E-state index contributed by atoms with van der Waals surface area (Å²) < 4.78 is 5.70. The van der Waals surface area contributed by atoms with Gasteiger partial charge in [-0.05, 0) is 12.1 Å². The number of aliphatic hydroxyl groups is 1. The number of ether oxygens (including phenoxy) is 1. The zero-order chi connectivity index (χ0) is 23.4. The van der Waals surface area contributed by atoms with Gasteiger partial charge in [0, 0.05) is 7.05 Å². The quantitative estimate of drug-likeness (QED) is 0.331. The maximum Gasteiger partial charge on any atom is 0.339 e. The molecule has 2 heterocycles. The first-order valence-electron chi connectivity index (χ1n) is 9.12. The summed E-state index contributed by atoms with van der Waals surface area (Å²) in [6.45, 7) is -0.770. The number of carbonyl (C=O) groups excluding carboxylic acids is 3. The Bertz CT molecular complexity index is 1330. The fraction of sp³-hybridized carbons (Fsp3) is 0.211. The first kappa shape index (κ1) is 22.3. The minimum atomic E-state index is -1.41. The van der Waals surface area contributed by atoms with Crippen molar-refractivity contribution in [3.05, 3.63) is 62.6 Å². The first-order chi connectivity index (χ1) is 15.3. The molecule has 32 heavy (non-hydrogen) atoms. The molecule has 0 aliphatic heterocycles. The van der Waals surface area contributed by atoms with Gasteiger partial charge in [-0.15, -0.1) is 0 Å². The maximum absolute atomic E-state index is 12.6. The van der Waals surface area contributed by atoms with Crippen molar-refractivity contribution in [3.8, 4) is 0 Å². The number of nitrogens with one attached hydrogen (secondary N) is 3. The molecule has 1 atom stereocenters. The van der Waals surface area contributed by atoms with Crippen molar-refractivity contribution in [3.63, 3.8) is 0 Å². The number of rotatable bonds is 6. The molecular weight excluding hydrogens is 424 g/mol. The highest BCUT2D eigenvalue weighted by Gasteiger charge is 2.24. The summed E-state index contributed by atoms with van der Waals surface area (Å²) in [6, 6.07) is 4.62. The Morgan fingerprint density at radius 3 is 2.66 bits per heavy atom. The molecule has 13 nitrogen and oxygen atoms in total. The Hall–Kier alpha value is -4.39. The van der Waals surface area contributed by atoms with E-state index in [0.29, 0.717) is 0 Å². The molecular formula is C19H18N6O7. The van der Waals surface area contributed by atoms with E-state index in [1.165, 1.54) is 26.3 Å². The Morgan fingerprint density at radius 1 is 1.25 bits per heavy atom. The predicted octanol–water partition coefficient (Wildman–Crippen LogP) is -1.47. The molecule has 13 heteroatoms. The number of anilines is 1. The zero-order valence-corrected chi connectivity index (χ0v) is 16.9. The number of carbonyl (C=O) groups is 3. The number of fused-ring (bicyclic) bond motifs is 1. The number of aryl methyl sites for hydroxylation is 1. The SMILES string of the molecule is COC(=O)c1ccccc1NC(=O)[C@H](CO)NC(=O)c1cnc2c(n1)c(=O)[nH]c(=O)n2C. The molecule has 3 aromatic rings. The van der Waals surface area contributed by atoms with Crippen LogP contribution in [0.5, 0.6) is 0 Å². The van der Waals surface area contributed by atoms with E-state index in [-0.39, 0.29) is 28.1 Å². The molecule has 3 rings (SSSR count). The highest BCUT2D eigenvalue weighted by molar-refractivity contribution is 6.04. The van der Waals surface area contributed by atoms with Gasteiger partial charge in [-0.25, -0.2) is 19.6 Å². The van der Waals surface area contributed by atoms with Gasteiger partial charge in [0.2, 0.25) is 5.91 Å². The van der Waals surface area contributed by atoms with Crippen LogP contribution in [-0.2, 0) is 16.6 Å². The highest BCUT2D eigenvalue weighted by Crippen LogP contribution is 2.16. The summed E-state index contributed by atoms with van der Waals surface area (Å²) in [5, 5.41) is 14.3. The second kappa shape index (κ2) is 9.18. The smallest absolute Gasteiger partial charge is 0.339 e. The molecule has 0 bridgehead atoms. The Kier molecular flexibility index (Phi) is 6.39. The monoisotopic (exact) mass is 442 g/mol. The van der Waals surface area contributed by atoms with Gasteiger partial charge >= 0.3 is 11.7 Å². The summed E-state index contributed by atoms with van der Waals surface area (Å²) in [5.41, 5.74) is -1.93. The Morgan fingerprint density at radius 2 is 1.97 bits per heavy atom. The zero-order valence-electron chi connectivity index (χ0n) is 16.9. The molecule has 0 saturated heterocycles. The van der Waals surface area contributed by atoms with Crippen LogP contribution >= 0.6 is 0 Å². The maximum atomic E-state index is 12.6. The first-order valence-corrected chi connectivity index (χ1v) is 9.12. The number of nitrogens with zero attached hydrogens (tertiary/aromatic N) is 3. The van der Waals surface area contributed by atoms with E-state index in [4.69, 9.17) is 0 Å². The second-order valence-electron chi connectivity index (χ2n) is 6.48. The van der Waals surface area contributed by atoms with Crippen LogP contribution in [-0.4, -0.2) is 62.2 Å². The standard InChI is InChI=1S/C19H18N6O7/c1-25-14-13(17(29)24-19(25)31)21-11(7-20-14)15(27)23-12(8-26)16(28)22-10-6-4-3-5-9(10)18(30)32-2/h3-7,12,26H,8H2,1-2H3,(H,22,28)(H,23,27)(H,24,29,31)/t12-/m0/s1. The van der Waals surface area contributed by atoms with Crippen LogP contribution in [0.15, 0.2) is 40.1 Å². The van der Waals surface area contributed by atoms with E-state index < -0.39 is 41.7 Å². The van der Waals surface area contributed by atoms with Gasteiger partial charge in [0.15, 0.2) is 11.2 Å². The van der Waals surface area contributed by atoms with E-state index in [0.717, 1.165) is 10.8 Å². The number of benzene rings is 1. The number of para-hydroxylation sites is 1. The van der Waals surface area contributed by atoms with Crippen LogP contribution in [0.2, 0.25) is 0 Å². The third-order valence-corrected chi connectivity index (χ3v) is 4.44. The summed E-state index contributed by atoms with van der Waals surface area (Å²) >= 11 is 0. The largest absolute Gasteiger partial charge is 0.465 e. The van der Waals surface area contributed by atoms with Crippen molar-refractivity contribution in [2.75, 3.05) is 19.0 Å². The fourth-order valence-electron chi connectivity index (χ4n) is 2.75. The molecule has 4 N–H and O–H groups in total. The normalized spacial score (nSPS) is 11.6. The van der Waals surface area contributed by atoms with Gasteiger partial charge in [-0.2, -0.15) is 0 Å². The lowest BCUT2D eigenvalue weighted by molar-refractivity contribution is -0.118. The van der Waals surface area contributed by atoms with Crippen molar-refractivity contribution in [2.45, 2.75) is 6.04 Å². The van der Waals surface area contributed by atoms with Crippen molar-refractivity contribution in [1.29, 1.82) is 0 Å². The van der Waals surface area contributed by atoms with Crippen molar-refractivity contribution in [2.24, 2.45) is 7.05 Å². The molecule has 2 aromatic heterocycles. The molecule has 0 aliphatic rings. The van der Waals surface area contributed by atoms with E-state index >= 15 is 0 Å². The van der Waals surface area contributed by atoms with E-state index in [1.54, 1.807) is 12.1 Å². The van der Waals surface area contributed by atoms with Gasteiger partial charge in [0.05, 0.1) is 31.2 Å². The fourth-order valence-corrected chi connectivity index (χ4v) is 2.75. The van der Waals surface area contributed by atoms with Crippen LogP contribution in [0, 0.1) is 0 Å². The molecule has 0 aliphatic carbocycles. The van der Waals surface area contributed by atoms with Crippen LogP contribution in [0.1, 0.15) is 20.8 Å². The second-order valence-corrected chi connectivity index (χ2v) is 6.48. The summed E-state index contributed by atoms with van der Waals surface area (Å²) in [4.78, 5) is 70.4. The molecule has 0 saturated carbocycles. The minimum absolute atomic E-state index is 0.0360. The minimum Gasteiger partial charge on any atom is -0.465 e. The number of aromatic amines is 1. The average molecular weight is 442 g/mol. The number of hydrogen-bond acceptors (Lipinski definition) is 9. The molecule has 2 amide bonds. The molecule has 0 radical (unpaired) electrons. The lowest BCUT2D eigenvalue weighted by Gasteiger charge is -2.17. The number of aliphatic hydroxyl groups excluding tert-OH is 1. The lowest BCUT2D eigenvalue weighted by Crippen LogP contribution is -2.46. The molecule has 166 valence electrons. The van der Waals surface area contributed by atoms with Crippen LogP contribution < -0.4 is 21.9 Å². The van der Waals surface area contributed by atoms with Gasteiger partial charge < -0.3 is 20.5 Å². The summed E-state index contributed by atoms with van der Waals surface area (Å²) in [6.07, 6.45) is 1.02. The third kappa shape index (κ3) is 4.37. The summed E-state index contributed by atoms with van der Waals surface area (Å²) in [7, 11) is 2.55. The van der Waals surface area contributed by atoms with E-state index in [2.05, 4.69) is 25.3 Å². The number of hydrogen-bond donors (Lipinski definition) is 4. The summed E-state index contributed by atoms with van der Waals surface area (Å²) in [5.74, 6) is -2.40. The van der Waals surface area contributed by atoms with E-state index in [9.17, 15) is 29.1 Å². The van der Waals surface area contributed by atoms with Gasteiger partial charge in [-0.3, -0.25) is 23.9 Å². The number of H-pyrrole nitrogens is 1. The Labute approximate surface area is 179 Å². The molecule has 1 aromatic carbocycles. The van der Waals surface area contributed by atoms with Crippen molar-refractivity contribution >= 4 is 34.6 Å². The molecule has 0 spiro atoms. The van der Waals surface area contributed by atoms with Gasteiger partial charge in [0.1, 0.15) is 11.7 Å². The third-order valence-electron chi connectivity index (χ3n) is 4.44. The topological polar surface area (TPSA) is 185 Å². The van der Waals surface area contributed by atoms with Gasteiger partial charge in [-0.1, -0.05) is 12.1 Å². The average Bonchev–Trinajstić information content (AvgIpc) is 2.80. The van der Waals surface area contributed by atoms with Crippen molar-refractivity contribution in [1.82, 2.24) is 24.8 Å². The van der Waals surface area contributed by atoms with Crippen LogP contribution in [0.3, 0.4) is 0 Å². The number of aromatic nitrogens is 4. The Balaban J connectivity index is 1.82. The predicted molar refractivity (Wildman–Crippen MR) is 110 cm³/mol. The highest BCUT2D eigenvalue weighted by atomic mass is 16.5.